The number of fused-ring (bicyclic) bond motifs is 2. The Morgan fingerprint density at radius 2 is 2.10 bits per heavy atom. The fourth-order valence-electron chi connectivity index (χ4n) is 3.98. The number of hydrogen-bond acceptors (Lipinski definition) is 3. The zero-order chi connectivity index (χ0) is 14.1. The van der Waals surface area contributed by atoms with E-state index in [9.17, 15) is 4.79 Å². The first-order valence-corrected chi connectivity index (χ1v) is 8.62. The molecule has 110 valence electrons. The van der Waals surface area contributed by atoms with Crippen LogP contribution in [0.3, 0.4) is 0 Å². The molecule has 3 N–H and O–H groups in total. The van der Waals surface area contributed by atoms with E-state index in [4.69, 9.17) is 5.73 Å². The highest BCUT2D eigenvalue weighted by atomic mass is 32.1. The lowest BCUT2D eigenvalue weighted by atomic mass is 9.67. The van der Waals surface area contributed by atoms with Crippen molar-refractivity contribution < 1.29 is 4.79 Å². The summed E-state index contributed by atoms with van der Waals surface area (Å²) in [5.74, 6) is 1.34. The number of carbonyl (C=O) groups excluding carboxylic acids is 1. The fourth-order valence-corrected chi connectivity index (χ4v) is 4.76. The van der Waals surface area contributed by atoms with Gasteiger partial charge in [-0.3, -0.25) is 4.79 Å². The van der Waals surface area contributed by atoms with Crippen LogP contribution in [0, 0.1) is 11.8 Å². The van der Waals surface area contributed by atoms with Gasteiger partial charge in [0.05, 0.1) is 5.92 Å². The third-order valence-corrected chi connectivity index (χ3v) is 6.10. The topological polar surface area (TPSA) is 55.1 Å². The van der Waals surface area contributed by atoms with Gasteiger partial charge in [-0.05, 0) is 55.9 Å². The van der Waals surface area contributed by atoms with Crippen LogP contribution in [0.2, 0.25) is 0 Å². The third-order valence-electron chi connectivity index (χ3n) is 5.05. The number of amides is 1. The van der Waals surface area contributed by atoms with Gasteiger partial charge in [-0.2, -0.15) is 0 Å². The van der Waals surface area contributed by atoms with E-state index < -0.39 is 0 Å². The van der Waals surface area contributed by atoms with Crippen LogP contribution in [-0.4, -0.2) is 18.0 Å². The molecule has 4 heteroatoms. The van der Waals surface area contributed by atoms with Crippen LogP contribution >= 0.6 is 11.3 Å². The van der Waals surface area contributed by atoms with Gasteiger partial charge in [-0.1, -0.05) is 12.5 Å². The maximum atomic E-state index is 12.5. The van der Waals surface area contributed by atoms with Crippen molar-refractivity contribution in [3.63, 3.8) is 0 Å². The molecule has 2 fully saturated rings. The Morgan fingerprint density at radius 1 is 1.40 bits per heavy atom. The van der Waals surface area contributed by atoms with Crippen molar-refractivity contribution in [2.75, 3.05) is 0 Å². The average molecular weight is 292 g/mol. The minimum absolute atomic E-state index is 0.0358. The lowest BCUT2D eigenvalue weighted by molar-refractivity contribution is -0.124. The largest absolute Gasteiger partial charge is 0.352 e. The van der Waals surface area contributed by atoms with Crippen LogP contribution in [0.5, 0.6) is 0 Å². The Hall–Kier alpha value is -0.870. The standard InChI is InChI=1S/C16H24N2OS/c1-10(14-6-3-7-20-14)16(19)18-15-11-4-2-5-12(15)9-13(17)8-11/h3,6-7,10-13,15H,2,4-5,8-9,17H2,1H3,(H,18,19). The second-order valence-corrected chi connectivity index (χ2v) is 7.43. The Morgan fingerprint density at radius 3 is 2.70 bits per heavy atom. The predicted octanol–water partition coefficient (Wildman–Crippen LogP) is 2.87. The second kappa shape index (κ2) is 5.86. The summed E-state index contributed by atoms with van der Waals surface area (Å²) in [6.07, 6.45) is 5.91. The van der Waals surface area contributed by atoms with Crippen molar-refractivity contribution >= 4 is 17.2 Å². The summed E-state index contributed by atoms with van der Waals surface area (Å²) < 4.78 is 0. The van der Waals surface area contributed by atoms with E-state index >= 15 is 0 Å². The van der Waals surface area contributed by atoms with Gasteiger partial charge in [0.25, 0.3) is 0 Å². The molecule has 2 aliphatic carbocycles. The number of hydrogen-bond donors (Lipinski definition) is 2. The first-order valence-electron chi connectivity index (χ1n) is 7.74. The Balaban J connectivity index is 1.66. The van der Waals surface area contributed by atoms with Gasteiger partial charge >= 0.3 is 0 Å². The van der Waals surface area contributed by atoms with Crippen LogP contribution in [0.15, 0.2) is 17.5 Å². The summed E-state index contributed by atoms with van der Waals surface area (Å²) in [4.78, 5) is 13.6. The smallest absolute Gasteiger partial charge is 0.228 e. The van der Waals surface area contributed by atoms with Crippen molar-refractivity contribution in [1.29, 1.82) is 0 Å². The molecule has 0 radical (unpaired) electrons. The highest BCUT2D eigenvalue weighted by Crippen LogP contribution is 2.40. The molecule has 3 nitrogen and oxygen atoms in total. The zero-order valence-corrected chi connectivity index (χ0v) is 12.9. The molecule has 2 aliphatic rings. The van der Waals surface area contributed by atoms with Gasteiger partial charge < -0.3 is 11.1 Å². The maximum Gasteiger partial charge on any atom is 0.228 e. The van der Waals surface area contributed by atoms with Crippen LogP contribution in [-0.2, 0) is 4.79 Å². The molecule has 3 rings (SSSR count). The first-order chi connectivity index (χ1) is 9.65. The highest BCUT2D eigenvalue weighted by molar-refractivity contribution is 7.10. The quantitative estimate of drug-likeness (QED) is 0.900. The number of carbonyl (C=O) groups is 1. The molecule has 0 saturated heterocycles. The summed E-state index contributed by atoms with van der Waals surface area (Å²) in [5, 5.41) is 5.38. The van der Waals surface area contributed by atoms with E-state index in [1.54, 1.807) is 11.3 Å². The van der Waals surface area contributed by atoms with Gasteiger partial charge in [0.2, 0.25) is 5.91 Å². The van der Waals surface area contributed by atoms with Gasteiger partial charge in [0, 0.05) is 17.0 Å². The fraction of sp³-hybridized carbons (Fsp3) is 0.688. The highest BCUT2D eigenvalue weighted by Gasteiger charge is 2.40. The normalized spacial score (nSPS) is 34.5. The molecule has 20 heavy (non-hydrogen) atoms. The number of rotatable bonds is 3. The summed E-state index contributed by atoms with van der Waals surface area (Å²) in [7, 11) is 0. The minimum Gasteiger partial charge on any atom is -0.352 e. The van der Waals surface area contributed by atoms with Crippen LogP contribution in [0.1, 0.15) is 49.8 Å². The van der Waals surface area contributed by atoms with E-state index in [0.717, 1.165) is 17.7 Å². The molecule has 1 heterocycles. The number of nitrogens with one attached hydrogen (secondary N) is 1. The molecular formula is C16H24N2OS. The predicted molar refractivity (Wildman–Crippen MR) is 82.7 cm³/mol. The molecule has 0 aliphatic heterocycles. The molecule has 1 aromatic rings. The lowest BCUT2D eigenvalue weighted by Crippen LogP contribution is -2.54. The monoisotopic (exact) mass is 292 g/mol. The van der Waals surface area contributed by atoms with Crippen LogP contribution < -0.4 is 11.1 Å². The van der Waals surface area contributed by atoms with E-state index in [1.165, 1.54) is 19.3 Å². The summed E-state index contributed by atoms with van der Waals surface area (Å²) >= 11 is 1.66. The van der Waals surface area contributed by atoms with Crippen molar-refractivity contribution in [2.24, 2.45) is 17.6 Å². The van der Waals surface area contributed by atoms with Gasteiger partial charge in [0.15, 0.2) is 0 Å². The van der Waals surface area contributed by atoms with E-state index in [-0.39, 0.29) is 11.8 Å². The Labute approximate surface area is 124 Å². The molecule has 2 saturated carbocycles. The summed E-state index contributed by atoms with van der Waals surface area (Å²) in [6.45, 7) is 2.01. The molecule has 0 aromatic carbocycles. The van der Waals surface area contributed by atoms with Gasteiger partial charge in [-0.25, -0.2) is 0 Å². The minimum atomic E-state index is -0.0358. The van der Waals surface area contributed by atoms with E-state index in [1.807, 2.05) is 24.4 Å². The van der Waals surface area contributed by atoms with Crippen molar-refractivity contribution in [3.8, 4) is 0 Å². The van der Waals surface area contributed by atoms with Gasteiger partial charge in [-0.15, -0.1) is 11.3 Å². The Bertz CT molecular complexity index is 445. The van der Waals surface area contributed by atoms with Crippen molar-refractivity contribution in [3.05, 3.63) is 22.4 Å². The van der Waals surface area contributed by atoms with E-state index in [0.29, 0.717) is 23.9 Å². The number of thiophene rings is 1. The van der Waals surface area contributed by atoms with E-state index in [2.05, 4.69) is 5.32 Å². The molecule has 3 unspecified atom stereocenters. The zero-order valence-electron chi connectivity index (χ0n) is 12.0. The van der Waals surface area contributed by atoms with Crippen molar-refractivity contribution in [2.45, 2.75) is 57.0 Å². The number of nitrogens with two attached hydrogens (primary N) is 1. The Kier molecular flexibility index (Phi) is 4.13. The summed E-state index contributed by atoms with van der Waals surface area (Å²) in [6, 6.07) is 4.76. The third kappa shape index (κ3) is 2.77. The molecular weight excluding hydrogens is 268 g/mol. The molecule has 3 atom stereocenters. The van der Waals surface area contributed by atoms with Crippen molar-refractivity contribution in [1.82, 2.24) is 5.32 Å². The lowest BCUT2D eigenvalue weighted by Gasteiger charge is -2.45. The first kappa shape index (κ1) is 14.1. The molecule has 2 bridgehead atoms. The SMILES string of the molecule is CC(C(=O)NC1C2CCCC1CC(N)C2)c1cccs1. The molecule has 0 spiro atoms. The summed E-state index contributed by atoms with van der Waals surface area (Å²) in [5.41, 5.74) is 6.14. The van der Waals surface area contributed by atoms with Gasteiger partial charge in [0.1, 0.15) is 0 Å². The molecule has 1 amide bonds. The molecule has 1 aromatic heterocycles. The maximum absolute atomic E-state index is 12.5. The van der Waals surface area contributed by atoms with Crippen LogP contribution in [0.4, 0.5) is 0 Å². The van der Waals surface area contributed by atoms with Crippen LogP contribution in [0.25, 0.3) is 0 Å². The average Bonchev–Trinajstić information content (AvgIpc) is 2.92. The second-order valence-electron chi connectivity index (χ2n) is 6.45.